The Hall–Kier alpha value is -2.13. The maximum absolute atomic E-state index is 13.4. The first-order valence-corrected chi connectivity index (χ1v) is 14.0. The van der Waals surface area contributed by atoms with Gasteiger partial charge in [0.15, 0.2) is 0 Å². The molecule has 1 saturated heterocycles. The molecule has 1 aliphatic rings. The summed E-state index contributed by atoms with van der Waals surface area (Å²) in [4.78, 5) is 0. The number of hydrogen-bond donors (Lipinski definition) is 3. The van der Waals surface area contributed by atoms with Gasteiger partial charge in [0.1, 0.15) is 0 Å². The minimum absolute atomic E-state index is 0.0171. The van der Waals surface area contributed by atoms with Gasteiger partial charge in [0.25, 0.3) is 0 Å². The minimum Gasteiger partial charge on any atom is -0.365 e. The van der Waals surface area contributed by atoms with Crippen LogP contribution in [0, 0.1) is 5.41 Å². The fourth-order valence-corrected chi connectivity index (χ4v) is 6.07. The van der Waals surface area contributed by atoms with E-state index in [-0.39, 0.29) is 48.9 Å². The Morgan fingerprint density at radius 1 is 0.950 bits per heavy atom. The minimum atomic E-state index is -4.41. The molecule has 216 valence electrons. The van der Waals surface area contributed by atoms with E-state index in [1.54, 1.807) is 6.07 Å². The van der Waals surface area contributed by atoms with Crippen LogP contribution in [0.4, 0.5) is 13.2 Å². The van der Waals surface area contributed by atoms with Crippen molar-refractivity contribution in [1.82, 2.24) is 10.6 Å². The van der Waals surface area contributed by atoms with E-state index in [1.165, 1.54) is 12.1 Å². The molecule has 4 atom stereocenters. The average Bonchev–Trinajstić information content (AvgIpc) is 3.14. The molecule has 0 aromatic heterocycles. The zero-order valence-corrected chi connectivity index (χ0v) is 24.4. The van der Waals surface area contributed by atoms with Gasteiger partial charge in [0.05, 0.1) is 24.4 Å². The molecule has 1 fully saturated rings. The van der Waals surface area contributed by atoms with Gasteiger partial charge in [0.2, 0.25) is 0 Å². The van der Waals surface area contributed by atoms with E-state index in [2.05, 4.69) is 31.4 Å². The number of benzene rings is 3. The molecule has 1 heterocycles. The highest BCUT2D eigenvalue weighted by molar-refractivity contribution is 6.30. The first kappa shape index (κ1) is 30.8. The van der Waals surface area contributed by atoms with E-state index in [0.29, 0.717) is 10.0 Å². The van der Waals surface area contributed by atoms with Gasteiger partial charge in [-0.25, -0.2) is 0 Å². The lowest BCUT2D eigenvalue weighted by molar-refractivity contribution is -0.138. The SMILES string of the molecule is CC(C)(C)C[C@@H]1N[C@@H](COCNCc2ccccc2C(F)(F)F)[C@H](c2cccc(Cl)c2)[C@@]1(N)c1ccc(Cl)cc1. The van der Waals surface area contributed by atoms with Crippen LogP contribution in [0.25, 0.3) is 0 Å². The number of halogens is 5. The van der Waals surface area contributed by atoms with Crippen LogP contribution < -0.4 is 16.4 Å². The molecule has 40 heavy (non-hydrogen) atoms. The zero-order chi connectivity index (χ0) is 29.1. The first-order valence-electron chi connectivity index (χ1n) is 13.3. The Morgan fingerprint density at radius 3 is 2.30 bits per heavy atom. The molecule has 0 radical (unpaired) electrons. The van der Waals surface area contributed by atoms with E-state index < -0.39 is 17.3 Å². The summed E-state index contributed by atoms with van der Waals surface area (Å²) in [5.41, 5.74) is 8.06. The van der Waals surface area contributed by atoms with E-state index in [4.69, 9.17) is 33.7 Å². The number of nitrogens with one attached hydrogen (secondary N) is 2. The summed E-state index contributed by atoms with van der Waals surface area (Å²) in [6.07, 6.45) is -3.61. The number of ether oxygens (including phenoxy) is 1. The van der Waals surface area contributed by atoms with Crippen LogP contribution in [-0.4, -0.2) is 25.4 Å². The average molecular weight is 595 g/mol. The van der Waals surface area contributed by atoms with E-state index in [0.717, 1.165) is 23.6 Å². The van der Waals surface area contributed by atoms with Crippen molar-refractivity contribution in [2.24, 2.45) is 11.1 Å². The third kappa shape index (κ3) is 7.19. The van der Waals surface area contributed by atoms with Gasteiger partial charge >= 0.3 is 6.18 Å². The van der Waals surface area contributed by atoms with Crippen molar-refractivity contribution >= 4 is 23.2 Å². The standard InChI is InChI=1S/C31H36Cl2F3N3O/c1-29(2,3)16-27-30(37,22-11-13-23(32)14-12-22)28(20-8-6-9-24(33)15-20)26(39-27)18-40-19-38-17-21-7-4-5-10-25(21)31(34,35)36/h4-15,26-28,38-39H,16-19,37H2,1-3H3/t26-,27-,28-,30+/m0/s1. The molecule has 0 aliphatic carbocycles. The summed E-state index contributed by atoms with van der Waals surface area (Å²) in [6.45, 7) is 6.94. The van der Waals surface area contributed by atoms with Crippen LogP contribution >= 0.6 is 23.2 Å². The molecule has 0 amide bonds. The Balaban J connectivity index is 1.57. The van der Waals surface area contributed by atoms with E-state index in [9.17, 15) is 13.2 Å². The lowest BCUT2D eigenvalue weighted by atomic mass is 9.69. The molecule has 4 nitrogen and oxygen atoms in total. The number of hydrogen-bond acceptors (Lipinski definition) is 4. The van der Waals surface area contributed by atoms with Crippen molar-refractivity contribution in [2.75, 3.05) is 13.3 Å². The summed E-state index contributed by atoms with van der Waals surface area (Å²) in [5.74, 6) is -0.203. The van der Waals surface area contributed by atoms with E-state index >= 15 is 0 Å². The van der Waals surface area contributed by atoms with Crippen LogP contribution in [0.15, 0.2) is 72.8 Å². The molecule has 9 heteroatoms. The lowest BCUT2D eigenvalue weighted by Gasteiger charge is -2.40. The predicted octanol–water partition coefficient (Wildman–Crippen LogP) is 7.49. The molecule has 0 unspecified atom stereocenters. The van der Waals surface area contributed by atoms with Gasteiger partial charge in [0, 0.05) is 34.6 Å². The number of rotatable bonds is 9. The number of nitrogens with two attached hydrogens (primary N) is 1. The molecular weight excluding hydrogens is 558 g/mol. The molecular formula is C31H36Cl2F3N3O. The monoisotopic (exact) mass is 593 g/mol. The van der Waals surface area contributed by atoms with Crippen molar-refractivity contribution in [1.29, 1.82) is 0 Å². The van der Waals surface area contributed by atoms with Gasteiger partial charge in [-0.05, 0) is 58.9 Å². The fraction of sp³-hybridized carbons (Fsp3) is 0.419. The van der Waals surface area contributed by atoms with Crippen LogP contribution in [0.2, 0.25) is 10.0 Å². The van der Waals surface area contributed by atoms with Crippen molar-refractivity contribution < 1.29 is 17.9 Å². The maximum atomic E-state index is 13.4. The lowest BCUT2D eigenvalue weighted by Crippen LogP contribution is -2.51. The Bertz CT molecular complexity index is 1280. The summed E-state index contributed by atoms with van der Waals surface area (Å²) in [5, 5.41) is 7.99. The summed E-state index contributed by atoms with van der Waals surface area (Å²) < 4.78 is 46.1. The smallest absolute Gasteiger partial charge is 0.365 e. The van der Waals surface area contributed by atoms with E-state index in [1.807, 2.05) is 48.5 Å². The molecule has 1 aliphatic heterocycles. The van der Waals surface area contributed by atoms with Crippen LogP contribution in [-0.2, 0) is 23.0 Å². The highest BCUT2D eigenvalue weighted by Gasteiger charge is 2.54. The normalized spacial score (nSPS) is 23.5. The Kier molecular flexibility index (Phi) is 9.55. The highest BCUT2D eigenvalue weighted by Crippen LogP contribution is 2.48. The van der Waals surface area contributed by atoms with Crippen LogP contribution in [0.5, 0.6) is 0 Å². The second-order valence-electron chi connectivity index (χ2n) is 11.7. The van der Waals surface area contributed by atoms with Crippen molar-refractivity contribution in [3.63, 3.8) is 0 Å². The summed E-state index contributed by atoms with van der Waals surface area (Å²) in [6, 6.07) is 20.6. The summed E-state index contributed by atoms with van der Waals surface area (Å²) in [7, 11) is 0. The van der Waals surface area contributed by atoms with Gasteiger partial charge in [-0.3, -0.25) is 5.32 Å². The van der Waals surface area contributed by atoms with Gasteiger partial charge in [-0.2, -0.15) is 13.2 Å². The molecule has 0 saturated carbocycles. The first-order chi connectivity index (χ1) is 18.8. The fourth-order valence-electron chi connectivity index (χ4n) is 5.75. The van der Waals surface area contributed by atoms with Gasteiger partial charge in [-0.1, -0.05) is 86.4 Å². The van der Waals surface area contributed by atoms with Gasteiger partial charge in [-0.15, -0.1) is 0 Å². The zero-order valence-electron chi connectivity index (χ0n) is 22.9. The molecule has 4 rings (SSSR count). The molecule has 4 N–H and O–H groups in total. The maximum Gasteiger partial charge on any atom is 0.416 e. The topological polar surface area (TPSA) is 59.3 Å². The predicted molar refractivity (Wildman–Crippen MR) is 155 cm³/mol. The summed E-state index contributed by atoms with van der Waals surface area (Å²) >= 11 is 12.6. The van der Waals surface area contributed by atoms with Crippen molar-refractivity contribution in [2.45, 2.75) is 63.5 Å². The van der Waals surface area contributed by atoms with Crippen molar-refractivity contribution in [3.8, 4) is 0 Å². The third-order valence-electron chi connectivity index (χ3n) is 7.42. The molecule has 3 aromatic carbocycles. The Morgan fingerprint density at radius 2 is 1.65 bits per heavy atom. The molecule has 0 spiro atoms. The second-order valence-corrected chi connectivity index (χ2v) is 12.5. The highest BCUT2D eigenvalue weighted by atomic mass is 35.5. The van der Waals surface area contributed by atoms with Gasteiger partial charge < -0.3 is 15.8 Å². The van der Waals surface area contributed by atoms with Crippen molar-refractivity contribution in [3.05, 3.63) is 105 Å². The Labute approximate surface area is 244 Å². The largest absolute Gasteiger partial charge is 0.416 e. The second kappa shape index (κ2) is 12.4. The molecule has 0 bridgehead atoms. The third-order valence-corrected chi connectivity index (χ3v) is 7.90. The quantitative estimate of drug-likeness (QED) is 0.178. The van der Waals surface area contributed by atoms with Crippen LogP contribution in [0.3, 0.4) is 0 Å². The van der Waals surface area contributed by atoms with Crippen LogP contribution in [0.1, 0.15) is 55.4 Å². The molecule has 3 aromatic rings. The number of alkyl halides is 3.